The van der Waals surface area contributed by atoms with E-state index in [0.717, 1.165) is 0 Å². The highest BCUT2D eigenvalue weighted by Crippen LogP contribution is 2.17. The van der Waals surface area contributed by atoms with Crippen LogP contribution >= 0.6 is 0 Å². The number of anilines is 1. The van der Waals surface area contributed by atoms with Crippen molar-refractivity contribution < 1.29 is 13.2 Å². The first-order valence-corrected chi connectivity index (χ1v) is 7.20. The van der Waals surface area contributed by atoms with Crippen LogP contribution in [0.1, 0.15) is 20.8 Å². The molecule has 6 heteroatoms. The quantitative estimate of drug-likeness (QED) is 0.870. The third-order valence-electron chi connectivity index (χ3n) is 2.84. The molecule has 1 rings (SSSR count). The predicted octanol–water partition coefficient (Wildman–Crippen LogP) is 1.56. The topological polar surface area (TPSA) is 89.3 Å². The monoisotopic (exact) mass is 270 g/mol. The molecule has 0 saturated heterocycles. The summed E-state index contributed by atoms with van der Waals surface area (Å²) in [5.41, 5.74) is 0.430. The summed E-state index contributed by atoms with van der Waals surface area (Å²) >= 11 is 0. The van der Waals surface area contributed by atoms with Crippen molar-refractivity contribution in [3.63, 3.8) is 0 Å². The molecule has 5 nitrogen and oxygen atoms in total. The molecule has 0 fully saturated rings. The number of amides is 1. The third kappa shape index (κ3) is 3.82. The van der Waals surface area contributed by atoms with E-state index in [2.05, 4.69) is 5.32 Å². The number of primary sulfonamides is 1. The Balaban J connectivity index is 2.90. The summed E-state index contributed by atoms with van der Waals surface area (Å²) in [7, 11) is -3.75. The lowest BCUT2D eigenvalue weighted by molar-refractivity contribution is -0.120. The van der Waals surface area contributed by atoms with Gasteiger partial charge in [-0.3, -0.25) is 4.79 Å². The largest absolute Gasteiger partial charge is 0.326 e. The minimum Gasteiger partial charge on any atom is -0.326 e. The van der Waals surface area contributed by atoms with Gasteiger partial charge < -0.3 is 5.32 Å². The molecule has 1 aromatic rings. The Bertz CT molecular complexity index is 538. The Morgan fingerprint density at radius 2 is 1.89 bits per heavy atom. The SMILES string of the molecule is CC(C)C(C)C(=O)Nc1cccc(S(N)(=O)=O)c1. The van der Waals surface area contributed by atoms with Crippen LogP contribution in [-0.4, -0.2) is 14.3 Å². The molecule has 3 N–H and O–H groups in total. The zero-order chi connectivity index (χ0) is 13.9. The van der Waals surface area contributed by atoms with Gasteiger partial charge in [0.1, 0.15) is 0 Å². The van der Waals surface area contributed by atoms with Gasteiger partial charge in [-0.05, 0) is 24.1 Å². The van der Waals surface area contributed by atoms with E-state index in [1.807, 2.05) is 20.8 Å². The fourth-order valence-corrected chi connectivity index (χ4v) is 1.87. The lowest BCUT2D eigenvalue weighted by atomic mass is 9.97. The lowest BCUT2D eigenvalue weighted by Gasteiger charge is -2.15. The fraction of sp³-hybridized carbons (Fsp3) is 0.417. The maximum atomic E-state index is 11.8. The van der Waals surface area contributed by atoms with E-state index >= 15 is 0 Å². The zero-order valence-electron chi connectivity index (χ0n) is 10.7. The number of nitrogens with one attached hydrogen (secondary N) is 1. The van der Waals surface area contributed by atoms with Crippen molar-refractivity contribution in [1.82, 2.24) is 0 Å². The number of hydrogen-bond acceptors (Lipinski definition) is 3. The summed E-state index contributed by atoms with van der Waals surface area (Å²) in [5.74, 6) is -0.0777. The van der Waals surface area contributed by atoms with Crippen molar-refractivity contribution in [2.45, 2.75) is 25.7 Å². The van der Waals surface area contributed by atoms with Gasteiger partial charge >= 0.3 is 0 Å². The van der Waals surface area contributed by atoms with Crippen LogP contribution in [0, 0.1) is 11.8 Å². The molecular weight excluding hydrogens is 252 g/mol. The molecule has 100 valence electrons. The number of nitrogens with two attached hydrogens (primary N) is 1. The van der Waals surface area contributed by atoms with Crippen LogP contribution < -0.4 is 10.5 Å². The highest BCUT2D eigenvalue weighted by Gasteiger charge is 2.17. The molecule has 0 aromatic heterocycles. The van der Waals surface area contributed by atoms with Crippen molar-refractivity contribution in [2.75, 3.05) is 5.32 Å². The number of hydrogen-bond donors (Lipinski definition) is 2. The Labute approximate surface area is 107 Å². The van der Waals surface area contributed by atoms with E-state index in [9.17, 15) is 13.2 Å². The van der Waals surface area contributed by atoms with Crippen molar-refractivity contribution >= 4 is 21.6 Å². The van der Waals surface area contributed by atoms with Gasteiger partial charge in [0.2, 0.25) is 15.9 Å². The Morgan fingerprint density at radius 3 is 2.39 bits per heavy atom. The molecule has 18 heavy (non-hydrogen) atoms. The van der Waals surface area contributed by atoms with Crippen LogP contribution in [0.3, 0.4) is 0 Å². The second-order valence-electron chi connectivity index (χ2n) is 4.59. The average Bonchev–Trinajstić information content (AvgIpc) is 2.27. The van der Waals surface area contributed by atoms with E-state index in [4.69, 9.17) is 5.14 Å². The summed E-state index contributed by atoms with van der Waals surface area (Å²) < 4.78 is 22.4. The van der Waals surface area contributed by atoms with Crippen molar-refractivity contribution in [3.05, 3.63) is 24.3 Å². The molecule has 0 aliphatic heterocycles. The van der Waals surface area contributed by atoms with Crippen LogP contribution in [-0.2, 0) is 14.8 Å². The van der Waals surface area contributed by atoms with Gasteiger partial charge in [0, 0.05) is 11.6 Å². The molecule has 0 bridgehead atoms. The van der Waals surface area contributed by atoms with E-state index in [1.165, 1.54) is 18.2 Å². The molecule has 1 atom stereocenters. The number of carbonyl (C=O) groups excluding carboxylic acids is 1. The molecule has 0 spiro atoms. The summed E-state index contributed by atoms with van der Waals surface area (Å²) in [6, 6.07) is 5.90. The van der Waals surface area contributed by atoms with Crippen LogP contribution in [0.5, 0.6) is 0 Å². The number of benzene rings is 1. The molecule has 0 aliphatic carbocycles. The first-order chi connectivity index (χ1) is 8.21. The maximum absolute atomic E-state index is 11.8. The summed E-state index contributed by atoms with van der Waals surface area (Å²) in [6.07, 6.45) is 0. The van der Waals surface area contributed by atoms with Gasteiger partial charge in [0.15, 0.2) is 0 Å². The average molecular weight is 270 g/mol. The third-order valence-corrected chi connectivity index (χ3v) is 3.75. The summed E-state index contributed by atoms with van der Waals surface area (Å²) in [4.78, 5) is 11.8. The summed E-state index contributed by atoms with van der Waals surface area (Å²) in [6.45, 7) is 5.72. The van der Waals surface area contributed by atoms with E-state index in [0.29, 0.717) is 5.69 Å². The van der Waals surface area contributed by atoms with Crippen LogP contribution in [0.2, 0.25) is 0 Å². The lowest BCUT2D eigenvalue weighted by Crippen LogP contribution is -2.24. The Hall–Kier alpha value is -1.40. The first kappa shape index (κ1) is 14.7. The molecule has 0 saturated carbocycles. The van der Waals surface area contributed by atoms with Crippen molar-refractivity contribution in [1.29, 1.82) is 0 Å². The second kappa shape index (κ2) is 5.49. The number of rotatable bonds is 4. The maximum Gasteiger partial charge on any atom is 0.238 e. The molecule has 1 amide bonds. The first-order valence-electron chi connectivity index (χ1n) is 5.65. The minimum absolute atomic E-state index is 0.0162. The van der Waals surface area contributed by atoms with Gasteiger partial charge in [-0.15, -0.1) is 0 Å². The summed E-state index contributed by atoms with van der Waals surface area (Å²) in [5, 5.41) is 7.70. The standard InChI is InChI=1S/C12H18N2O3S/c1-8(2)9(3)12(15)14-10-5-4-6-11(7-10)18(13,16)17/h4-9H,1-3H3,(H,14,15)(H2,13,16,17). The van der Waals surface area contributed by atoms with Crippen molar-refractivity contribution in [3.8, 4) is 0 Å². The van der Waals surface area contributed by atoms with Gasteiger partial charge in [-0.1, -0.05) is 26.8 Å². The highest BCUT2D eigenvalue weighted by atomic mass is 32.2. The smallest absolute Gasteiger partial charge is 0.238 e. The Kier molecular flexibility index (Phi) is 4.48. The molecule has 1 unspecified atom stereocenters. The van der Waals surface area contributed by atoms with Gasteiger partial charge in [-0.2, -0.15) is 0 Å². The molecule has 1 aromatic carbocycles. The highest BCUT2D eigenvalue weighted by molar-refractivity contribution is 7.89. The number of sulfonamides is 1. The molecule has 0 radical (unpaired) electrons. The van der Waals surface area contributed by atoms with E-state index in [-0.39, 0.29) is 22.6 Å². The van der Waals surface area contributed by atoms with Gasteiger partial charge in [0.05, 0.1) is 4.90 Å². The second-order valence-corrected chi connectivity index (χ2v) is 6.16. The number of carbonyl (C=O) groups is 1. The normalized spacial score (nSPS) is 13.4. The molecular formula is C12H18N2O3S. The van der Waals surface area contributed by atoms with Crippen LogP contribution in [0.4, 0.5) is 5.69 Å². The van der Waals surface area contributed by atoms with Crippen LogP contribution in [0.15, 0.2) is 29.2 Å². The van der Waals surface area contributed by atoms with Gasteiger partial charge in [0.25, 0.3) is 0 Å². The van der Waals surface area contributed by atoms with E-state index in [1.54, 1.807) is 6.07 Å². The van der Waals surface area contributed by atoms with E-state index < -0.39 is 10.0 Å². The van der Waals surface area contributed by atoms with Crippen molar-refractivity contribution in [2.24, 2.45) is 17.0 Å². The van der Waals surface area contributed by atoms with Gasteiger partial charge in [-0.25, -0.2) is 13.6 Å². The Morgan fingerprint density at radius 1 is 1.28 bits per heavy atom. The minimum atomic E-state index is -3.75. The zero-order valence-corrected chi connectivity index (χ0v) is 11.5. The predicted molar refractivity (Wildman–Crippen MR) is 70.4 cm³/mol. The fourth-order valence-electron chi connectivity index (χ4n) is 1.31. The molecule has 0 heterocycles. The van der Waals surface area contributed by atoms with Crippen LogP contribution in [0.25, 0.3) is 0 Å². The molecule has 0 aliphatic rings.